The quantitative estimate of drug-likeness (QED) is 0.889. The Morgan fingerprint density at radius 2 is 1.75 bits per heavy atom. The van der Waals surface area contributed by atoms with Gasteiger partial charge in [0.15, 0.2) is 0 Å². The third-order valence-corrected chi connectivity index (χ3v) is 3.22. The molecule has 0 aliphatic rings. The molecule has 0 radical (unpaired) electrons. The molecule has 16 heavy (non-hydrogen) atoms. The molecule has 0 spiro atoms. The highest BCUT2D eigenvalue weighted by Gasteiger charge is 2.29. The van der Waals surface area contributed by atoms with Gasteiger partial charge in [-0.25, -0.2) is 0 Å². The summed E-state index contributed by atoms with van der Waals surface area (Å²) in [7, 11) is -1.23. The van der Waals surface area contributed by atoms with Gasteiger partial charge in [-0.3, -0.25) is 4.21 Å². The van der Waals surface area contributed by atoms with Crippen LogP contribution in [0.15, 0.2) is 24.3 Å². The average Bonchev–Trinajstić information content (AvgIpc) is 2.17. The number of rotatable bonds is 4. The molecule has 1 rings (SSSR count). The van der Waals surface area contributed by atoms with E-state index >= 15 is 0 Å². The first-order valence-corrected chi connectivity index (χ1v) is 6.04. The summed E-state index contributed by atoms with van der Waals surface area (Å²) in [4.78, 5) is 0. The maximum atomic E-state index is 12.2. The van der Waals surface area contributed by atoms with Gasteiger partial charge in [0.05, 0.1) is 12.2 Å². The van der Waals surface area contributed by atoms with E-state index in [0.717, 1.165) is 12.1 Å². The van der Waals surface area contributed by atoms with Gasteiger partial charge in [-0.2, -0.15) is 13.2 Å². The van der Waals surface area contributed by atoms with E-state index in [1.165, 1.54) is 12.1 Å². The molecule has 0 bridgehead atoms. The molecule has 1 unspecified atom stereocenters. The highest BCUT2D eigenvalue weighted by Crippen LogP contribution is 2.29. The number of benzene rings is 1. The average molecular weight is 252 g/mol. The number of alkyl halides is 3. The fraction of sp³-hybridized carbons (Fsp3) is 0.400. The number of aliphatic hydroxyl groups is 1. The molecule has 1 aromatic rings. The van der Waals surface area contributed by atoms with E-state index in [4.69, 9.17) is 5.11 Å². The van der Waals surface area contributed by atoms with E-state index in [2.05, 4.69) is 0 Å². The van der Waals surface area contributed by atoms with Crippen LogP contribution in [-0.4, -0.2) is 21.7 Å². The SMILES string of the molecule is O=S(CCO)Cc1ccc(C(F)(F)F)cc1. The van der Waals surface area contributed by atoms with E-state index in [-0.39, 0.29) is 18.1 Å². The van der Waals surface area contributed by atoms with Crippen molar-refractivity contribution in [3.63, 3.8) is 0 Å². The lowest BCUT2D eigenvalue weighted by Crippen LogP contribution is -2.06. The standard InChI is InChI=1S/C10H11F3O2S/c11-10(12,13)9-3-1-8(2-4-9)7-16(15)6-5-14/h1-4,14H,5-7H2. The minimum Gasteiger partial charge on any atom is -0.395 e. The van der Waals surface area contributed by atoms with Crippen LogP contribution in [0.5, 0.6) is 0 Å². The number of aliphatic hydroxyl groups excluding tert-OH is 1. The fourth-order valence-electron chi connectivity index (χ4n) is 1.15. The molecule has 0 saturated carbocycles. The van der Waals surface area contributed by atoms with Crippen LogP contribution in [0.3, 0.4) is 0 Å². The van der Waals surface area contributed by atoms with Crippen LogP contribution < -0.4 is 0 Å². The monoisotopic (exact) mass is 252 g/mol. The minimum absolute atomic E-state index is 0.140. The summed E-state index contributed by atoms with van der Waals surface area (Å²) in [6.45, 7) is -0.187. The van der Waals surface area contributed by atoms with E-state index in [1.807, 2.05) is 0 Å². The van der Waals surface area contributed by atoms with Crippen LogP contribution in [0.4, 0.5) is 13.2 Å². The second-order valence-corrected chi connectivity index (χ2v) is 4.78. The maximum Gasteiger partial charge on any atom is 0.416 e. The molecule has 1 aromatic carbocycles. The van der Waals surface area contributed by atoms with Crippen LogP contribution in [-0.2, 0) is 22.7 Å². The third kappa shape index (κ3) is 3.94. The fourth-order valence-corrected chi connectivity index (χ4v) is 2.06. The first-order chi connectivity index (χ1) is 7.43. The van der Waals surface area contributed by atoms with Gasteiger partial charge in [0, 0.05) is 22.3 Å². The molecule has 0 aliphatic carbocycles. The van der Waals surface area contributed by atoms with Crippen molar-refractivity contribution in [2.24, 2.45) is 0 Å². The Morgan fingerprint density at radius 1 is 1.19 bits per heavy atom. The van der Waals surface area contributed by atoms with Crippen molar-refractivity contribution < 1.29 is 22.5 Å². The topological polar surface area (TPSA) is 37.3 Å². The second kappa shape index (κ2) is 5.45. The van der Waals surface area contributed by atoms with Crippen molar-refractivity contribution in [3.05, 3.63) is 35.4 Å². The maximum absolute atomic E-state index is 12.2. The number of hydrogen-bond donors (Lipinski definition) is 1. The number of halogens is 3. The summed E-state index contributed by atoms with van der Waals surface area (Å²) in [6.07, 6.45) is -4.34. The van der Waals surface area contributed by atoms with Crippen molar-refractivity contribution in [2.45, 2.75) is 11.9 Å². The molecule has 0 aliphatic heterocycles. The van der Waals surface area contributed by atoms with Gasteiger partial charge >= 0.3 is 6.18 Å². The van der Waals surface area contributed by atoms with Gasteiger partial charge in [0.2, 0.25) is 0 Å². The predicted octanol–water partition coefficient (Wildman–Crippen LogP) is 1.95. The zero-order valence-corrected chi connectivity index (χ0v) is 9.14. The highest BCUT2D eigenvalue weighted by atomic mass is 32.2. The molecule has 1 atom stereocenters. The molecular weight excluding hydrogens is 241 g/mol. The van der Waals surface area contributed by atoms with E-state index in [1.54, 1.807) is 0 Å². The Hall–Kier alpha value is -0.880. The molecule has 0 heterocycles. The van der Waals surface area contributed by atoms with Crippen LogP contribution in [0.2, 0.25) is 0 Å². The largest absolute Gasteiger partial charge is 0.416 e. The number of hydrogen-bond acceptors (Lipinski definition) is 2. The lowest BCUT2D eigenvalue weighted by atomic mass is 10.1. The molecule has 0 aromatic heterocycles. The molecule has 0 amide bonds. The van der Waals surface area contributed by atoms with Gasteiger partial charge in [0.25, 0.3) is 0 Å². The van der Waals surface area contributed by atoms with E-state index in [0.29, 0.717) is 5.56 Å². The van der Waals surface area contributed by atoms with Gasteiger partial charge < -0.3 is 5.11 Å². The molecular formula is C10H11F3O2S. The zero-order valence-electron chi connectivity index (χ0n) is 8.33. The minimum atomic E-state index is -4.34. The first-order valence-electron chi connectivity index (χ1n) is 4.55. The lowest BCUT2D eigenvalue weighted by molar-refractivity contribution is -0.137. The summed E-state index contributed by atoms with van der Waals surface area (Å²) in [5.74, 6) is 0.305. The molecule has 0 saturated heterocycles. The van der Waals surface area contributed by atoms with Gasteiger partial charge in [0.1, 0.15) is 0 Å². The van der Waals surface area contributed by atoms with Gasteiger partial charge in [-0.15, -0.1) is 0 Å². The summed E-state index contributed by atoms with van der Waals surface area (Å²) in [5, 5.41) is 8.52. The lowest BCUT2D eigenvalue weighted by Gasteiger charge is -2.07. The summed E-state index contributed by atoms with van der Waals surface area (Å²) < 4.78 is 47.9. The Bertz CT molecular complexity index is 359. The molecule has 6 heteroatoms. The summed E-state index contributed by atoms with van der Waals surface area (Å²) in [5.41, 5.74) is -0.149. The van der Waals surface area contributed by atoms with E-state index < -0.39 is 22.5 Å². The highest BCUT2D eigenvalue weighted by molar-refractivity contribution is 7.84. The molecule has 1 N–H and O–H groups in total. The van der Waals surface area contributed by atoms with Crippen molar-refractivity contribution in [3.8, 4) is 0 Å². The Balaban J connectivity index is 2.69. The van der Waals surface area contributed by atoms with Crippen molar-refractivity contribution in [1.29, 1.82) is 0 Å². The van der Waals surface area contributed by atoms with E-state index in [9.17, 15) is 17.4 Å². The zero-order chi connectivity index (χ0) is 12.2. The smallest absolute Gasteiger partial charge is 0.395 e. The van der Waals surface area contributed by atoms with Crippen LogP contribution >= 0.6 is 0 Å². The van der Waals surface area contributed by atoms with Crippen molar-refractivity contribution in [2.75, 3.05) is 12.4 Å². The van der Waals surface area contributed by atoms with Crippen LogP contribution in [0, 0.1) is 0 Å². The summed E-state index contributed by atoms with van der Waals surface area (Å²) >= 11 is 0. The molecule has 0 fully saturated rings. The third-order valence-electron chi connectivity index (χ3n) is 1.93. The Labute approximate surface area is 93.6 Å². The van der Waals surface area contributed by atoms with Gasteiger partial charge in [-0.1, -0.05) is 12.1 Å². The van der Waals surface area contributed by atoms with Crippen LogP contribution in [0.25, 0.3) is 0 Å². The normalized spacial score (nSPS) is 13.8. The van der Waals surface area contributed by atoms with Crippen molar-refractivity contribution in [1.82, 2.24) is 0 Å². The first kappa shape index (κ1) is 13.2. The Morgan fingerprint density at radius 3 is 2.19 bits per heavy atom. The molecule has 2 nitrogen and oxygen atoms in total. The summed E-state index contributed by atoms with van der Waals surface area (Å²) in [6, 6.07) is 4.53. The second-order valence-electron chi connectivity index (χ2n) is 3.21. The Kier molecular flexibility index (Phi) is 4.49. The predicted molar refractivity (Wildman–Crippen MR) is 55.2 cm³/mol. The molecule has 90 valence electrons. The van der Waals surface area contributed by atoms with Crippen LogP contribution in [0.1, 0.15) is 11.1 Å². The van der Waals surface area contributed by atoms with Gasteiger partial charge in [-0.05, 0) is 17.7 Å². The van der Waals surface area contributed by atoms with Crippen molar-refractivity contribution >= 4 is 10.8 Å².